The van der Waals surface area contributed by atoms with Crippen LogP contribution in [0.3, 0.4) is 0 Å². The molecule has 1 unspecified atom stereocenters. The maximum absolute atomic E-state index is 12.6. The van der Waals surface area contributed by atoms with Crippen molar-refractivity contribution in [2.75, 3.05) is 12.4 Å². The van der Waals surface area contributed by atoms with Crippen LogP contribution in [0.2, 0.25) is 0 Å². The number of hydrogen-bond donors (Lipinski definition) is 3. The van der Waals surface area contributed by atoms with E-state index in [2.05, 4.69) is 25.5 Å². The highest BCUT2D eigenvalue weighted by Crippen LogP contribution is 2.27. The number of methoxy groups -OCH3 is 1. The van der Waals surface area contributed by atoms with Gasteiger partial charge in [-0.25, -0.2) is 4.79 Å². The van der Waals surface area contributed by atoms with Gasteiger partial charge in [0.25, 0.3) is 0 Å². The Morgan fingerprint density at radius 1 is 1.13 bits per heavy atom. The van der Waals surface area contributed by atoms with E-state index >= 15 is 0 Å². The van der Waals surface area contributed by atoms with Crippen LogP contribution in [0.25, 0.3) is 22.4 Å². The van der Waals surface area contributed by atoms with E-state index in [4.69, 9.17) is 4.74 Å². The number of aromatic amines is 2. The van der Waals surface area contributed by atoms with Gasteiger partial charge in [-0.1, -0.05) is 11.8 Å². The number of carbonyl (C=O) groups excluding carboxylic acids is 1. The first-order chi connectivity index (χ1) is 14.4. The average Bonchev–Trinajstić information content (AvgIpc) is 3.29. The number of aromatic nitrogens is 5. The van der Waals surface area contributed by atoms with Crippen molar-refractivity contribution in [3.63, 3.8) is 0 Å². The van der Waals surface area contributed by atoms with Crippen LogP contribution in [0.1, 0.15) is 6.92 Å². The molecule has 1 atom stereocenters. The molecule has 4 aromatic rings. The molecule has 2 heterocycles. The second-order valence-electron chi connectivity index (χ2n) is 6.68. The van der Waals surface area contributed by atoms with Gasteiger partial charge in [0.15, 0.2) is 11.0 Å². The van der Waals surface area contributed by atoms with Gasteiger partial charge in [0.1, 0.15) is 5.75 Å². The number of H-pyrrole nitrogens is 2. The van der Waals surface area contributed by atoms with Gasteiger partial charge in [-0.05, 0) is 49.4 Å². The van der Waals surface area contributed by atoms with E-state index < -0.39 is 5.25 Å². The number of hydrogen-bond acceptors (Lipinski definition) is 6. The molecule has 0 spiro atoms. The van der Waals surface area contributed by atoms with E-state index in [1.165, 1.54) is 11.8 Å². The van der Waals surface area contributed by atoms with E-state index in [1.807, 2.05) is 35.9 Å². The topological polar surface area (TPSA) is 118 Å². The van der Waals surface area contributed by atoms with Crippen LogP contribution in [0.4, 0.5) is 5.69 Å². The van der Waals surface area contributed by atoms with Crippen LogP contribution in [-0.2, 0) is 11.8 Å². The number of benzene rings is 2. The summed E-state index contributed by atoms with van der Waals surface area (Å²) in [5.74, 6) is 1.29. The monoisotopic (exact) mass is 424 g/mol. The maximum atomic E-state index is 12.6. The Kier molecular flexibility index (Phi) is 5.32. The van der Waals surface area contributed by atoms with Gasteiger partial charge in [-0.3, -0.25) is 4.79 Å². The molecule has 30 heavy (non-hydrogen) atoms. The van der Waals surface area contributed by atoms with Crippen LogP contribution in [0, 0.1) is 0 Å². The first-order valence-electron chi connectivity index (χ1n) is 9.18. The van der Waals surface area contributed by atoms with Crippen molar-refractivity contribution >= 4 is 34.4 Å². The summed E-state index contributed by atoms with van der Waals surface area (Å²) in [5, 5.41) is 11.6. The number of amides is 1. The van der Waals surface area contributed by atoms with Crippen molar-refractivity contribution in [3.05, 3.63) is 52.9 Å². The van der Waals surface area contributed by atoms with Gasteiger partial charge < -0.3 is 24.6 Å². The van der Waals surface area contributed by atoms with Crippen molar-refractivity contribution in [2.24, 2.45) is 7.05 Å². The minimum Gasteiger partial charge on any atom is -0.497 e. The van der Waals surface area contributed by atoms with E-state index in [9.17, 15) is 9.59 Å². The molecule has 9 nitrogen and oxygen atoms in total. The molecule has 2 aromatic heterocycles. The van der Waals surface area contributed by atoms with Gasteiger partial charge in [-0.15, -0.1) is 10.2 Å². The predicted octanol–water partition coefficient (Wildman–Crippen LogP) is 2.78. The largest absolute Gasteiger partial charge is 0.497 e. The Morgan fingerprint density at radius 2 is 1.87 bits per heavy atom. The van der Waals surface area contributed by atoms with Crippen molar-refractivity contribution in [1.29, 1.82) is 0 Å². The SMILES string of the molecule is COc1ccc(-c2nnc(SC(C)C(=O)Nc3ccc4[nH]c(=O)[nH]c4c3)n2C)cc1. The Hall–Kier alpha value is -3.53. The van der Waals surface area contributed by atoms with Crippen molar-refractivity contribution < 1.29 is 9.53 Å². The number of carbonyl (C=O) groups is 1. The number of fused-ring (bicyclic) bond motifs is 1. The van der Waals surface area contributed by atoms with E-state index in [1.54, 1.807) is 32.2 Å². The molecule has 10 heteroatoms. The van der Waals surface area contributed by atoms with E-state index in [0.29, 0.717) is 27.7 Å². The van der Waals surface area contributed by atoms with E-state index in [0.717, 1.165) is 11.3 Å². The zero-order valence-corrected chi connectivity index (χ0v) is 17.4. The fourth-order valence-corrected chi connectivity index (χ4v) is 3.79. The first kappa shape index (κ1) is 19.8. The lowest BCUT2D eigenvalue weighted by atomic mass is 10.2. The lowest BCUT2D eigenvalue weighted by molar-refractivity contribution is -0.115. The molecule has 0 bridgehead atoms. The van der Waals surface area contributed by atoms with Gasteiger partial charge in [-0.2, -0.15) is 0 Å². The summed E-state index contributed by atoms with van der Waals surface area (Å²) < 4.78 is 7.04. The number of nitrogens with one attached hydrogen (secondary N) is 3. The zero-order valence-electron chi connectivity index (χ0n) is 16.6. The van der Waals surface area contributed by atoms with Crippen LogP contribution in [-0.4, -0.2) is 43.0 Å². The molecule has 0 aliphatic heterocycles. The molecule has 2 aromatic carbocycles. The summed E-state index contributed by atoms with van der Waals surface area (Å²) in [6, 6.07) is 12.7. The number of imidazole rings is 1. The second kappa shape index (κ2) is 8.07. The molecule has 0 fully saturated rings. The summed E-state index contributed by atoms with van der Waals surface area (Å²) in [4.78, 5) is 29.4. The highest BCUT2D eigenvalue weighted by Gasteiger charge is 2.20. The fourth-order valence-electron chi connectivity index (χ4n) is 2.97. The van der Waals surface area contributed by atoms with Crippen LogP contribution in [0.5, 0.6) is 5.75 Å². The molecular weight excluding hydrogens is 404 g/mol. The molecule has 0 saturated heterocycles. The van der Waals surface area contributed by atoms with Gasteiger partial charge in [0, 0.05) is 18.3 Å². The van der Waals surface area contributed by atoms with Gasteiger partial charge in [0.2, 0.25) is 5.91 Å². The van der Waals surface area contributed by atoms with Crippen LogP contribution in [0.15, 0.2) is 52.4 Å². The molecule has 1 amide bonds. The zero-order chi connectivity index (χ0) is 21.3. The Labute approximate surface area is 175 Å². The molecule has 0 aliphatic rings. The van der Waals surface area contributed by atoms with Gasteiger partial charge >= 0.3 is 5.69 Å². The van der Waals surface area contributed by atoms with Crippen LogP contribution >= 0.6 is 11.8 Å². The Bertz CT molecular complexity index is 1260. The second-order valence-corrected chi connectivity index (χ2v) is 7.99. The minimum atomic E-state index is -0.405. The quantitative estimate of drug-likeness (QED) is 0.410. The van der Waals surface area contributed by atoms with Crippen molar-refractivity contribution in [3.8, 4) is 17.1 Å². The summed E-state index contributed by atoms with van der Waals surface area (Å²) >= 11 is 1.32. The predicted molar refractivity (Wildman–Crippen MR) is 116 cm³/mol. The normalized spacial score (nSPS) is 12.1. The maximum Gasteiger partial charge on any atom is 0.323 e. The smallest absolute Gasteiger partial charge is 0.323 e. The summed E-state index contributed by atoms with van der Waals surface area (Å²) in [6.45, 7) is 1.80. The lowest BCUT2D eigenvalue weighted by Crippen LogP contribution is -2.22. The first-order valence-corrected chi connectivity index (χ1v) is 10.1. The van der Waals surface area contributed by atoms with Crippen molar-refractivity contribution in [2.45, 2.75) is 17.3 Å². The minimum absolute atomic E-state index is 0.175. The third kappa shape index (κ3) is 3.94. The van der Waals surface area contributed by atoms with Gasteiger partial charge in [0.05, 0.1) is 23.4 Å². The van der Waals surface area contributed by atoms with E-state index in [-0.39, 0.29) is 11.6 Å². The number of nitrogens with zero attached hydrogens (tertiary/aromatic N) is 3. The summed E-state index contributed by atoms with van der Waals surface area (Å²) in [6.07, 6.45) is 0. The fraction of sp³-hybridized carbons (Fsp3) is 0.200. The molecule has 4 rings (SSSR count). The number of ether oxygens (including phenoxy) is 1. The van der Waals surface area contributed by atoms with Crippen molar-refractivity contribution in [1.82, 2.24) is 24.7 Å². The third-order valence-corrected chi connectivity index (χ3v) is 5.75. The molecular formula is C20H20N6O3S. The number of rotatable bonds is 6. The number of anilines is 1. The lowest BCUT2D eigenvalue weighted by Gasteiger charge is -2.12. The molecule has 0 saturated carbocycles. The number of thioether (sulfide) groups is 1. The summed E-state index contributed by atoms with van der Waals surface area (Å²) in [7, 11) is 3.48. The average molecular weight is 424 g/mol. The summed E-state index contributed by atoms with van der Waals surface area (Å²) in [5.41, 5.74) is 2.55. The van der Waals surface area contributed by atoms with Crippen LogP contribution < -0.4 is 15.7 Å². The molecule has 0 radical (unpaired) electrons. The highest BCUT2D eigenvalue weighted by molar-refractivity contribution is 8.00. The Balaban J connectivity index is 1.46. The molecule has 154 valence electrons. The standard InChI is InChI=1S/C20H20N6O3S/c1-11(18(27)21-13-6-9-15-16(10-13)23-19(28)22-15)30-20-25-24-17(26(20)2)12-4-7-14(29-3)8-5-12/h4-11H,1-3H3,(H,21,27)(H2,22,23,28). The highest BCUT2D eigenvalue weighted by atomic mass is 32.2. The third-order valence-electron chi connectivity index (χ3n) is 4.62. The molecule has 0 aliphatic carbocycles. The Morgan fingerprint density at radius 3 is 2.60 bits per heavy atom. The molecule has 3 N–H and O–H groups in total.